The van der Waals surface area contributed by atoms with Gasteiger partial charge in [-0.25, -0.2) is 0 Å². The molecule has 3 rings (SSSR count). The van der Waals surface area contributed by atoms with E-state index in [1.54, 1.807) is 0 Å². The van der Waals surface area contributed by atoms with E-state index in [0.29, 0.717) is 12.0 Å². The third kappa shape index (κ3) is 3.71. The van der Waals surface area contributed by atoms with Crippen molar-refractivity contribution in [2.24, 2.45) is 23.5 Å². The second kappa shape index (κ2) is 5.82. The molecule has 1 unspecified atom stereocenters. The Morgan fingerprint density at radius 1 is 1.00 bits per heavy atom. The molecule has 1 amide bonds. The molecule has 3 aliphatic carbocycles. The van der Waals surface area contributed by atoms with E-state index in [-0.39, 0.29) is 11.9 Å². The van der Waals surface area contributed by atoms with Gasteiger partial charge in [-0.2, -0.15) is 0 Å². The van der Waals surface area contributed by atoms with Crippen molar-refractivity contribution >= 4 is 5.91 Å². The molecular formula is C16H28N2O. The lowest BCUT2D eigenvalue weighted by molar-refractivity contribution is -0.123. The topological polar surface area (TPSA) is 55.1 Å². The lowest BCUT2D eigenvalue weighted by Gasteiger charge is -2.26. The molecule has 0 saturated heterocycles. The molecule has 0 aromatic heterocycles. The van der Waals surface area contributed by atoms with Crippen LogP contribution in [0.5, 0.6) is 0 Å². The summed E-state index contributed by atoms with van der Waals surface area (Å²) in [5, 5.41) is 3.27. The van der Waals surface area contributed by atoms with Gasteiger partial charge in [0.1, 0.15) is 0 Å². The van der Waals surface area contributed by atoms with Gasteiger partial charge in [-0.3, -0.25) is 4.79 Å². The Morgan fingerprint density at radius 2 is 1.58 bits per heavy atom. The van der Waals surface area contributed by atoms with Crippen molar-refractivity contribution < 1.29 is 4.79 Å². The van der Waals surface area contributed by atoms with E-state index in [0.717, 1.165) is 18.3 Å². The standard InChI is InChI=1S/C16H28N2O/c17-14(10-11-4-2-1-3-5-11)16(19)18-15(12-6-7-12)13-8-9-13/h11-15H,1-10,17H2,(H,18,19). The van der Waals surface area contributed by atoms with Gasteiger partial charge in [-0.05, 0) is 49.9 Å². The fourth-order valence-corrected chi connectivity index (χ4v) is 3.69. The molecular weight excluding hydrogens is 236 g/mol. The Bertz CT molecular complexity index is 305. The number of hydrogen-bond acceptors (Lipinski definition) is 2. The van der Waals surface area contributed by atoms with Gasteiger partial charge in [-0.1, -0.05) is 32.1 Å². The summed E-state index contributed by atoms with van der Waals surface area (Å²) in [6.07, 6.45) is 12.7. The van der Waals surface area contributed by atoms with Crippen LogP contribution < -0.4 is 11.1 Å². The van der Waals surface area contributed by atoms with Crippen LogP contribution in [0.3, 0.4) is 0 Å². The normalized spacial score (nSPS) is 26.4. The maximum atomic E-state index is 12.3. The smallest absolute Gasteiger partial charge is 0.237 e. The highest BCUT2D eigenvalue weighted by molar-refractivity contribution is 5.81. The van der Waals surface area contributed by atoms with Crippen LogP contribution >= 0.6 is 0 Å². The van der Waals surface area contributed by atoms with E-state index in [1.165, 1.54) is 57.8 Å². The minimum absolute atomic E-state index is 0.120. The molecule has 0 aliphatic heterocycles. The molecule has 3 fully saturated rings. The maximum Gasteiger partial charge on any atom is 0.237 e. The van der Waals surface area contributed by atoms with E-state index in [2.05, 4.69) is 5.32 Å². The van der Waals surface area contributed by atoms with Crippen molar-refractivity contribution in [3.63, 3.8) is 0 Å². The number of hydrogen-bond donors (Lipinski definition) is 2. The first-order valence-corrected chi connectivity index (χ1v) is 8.30. The maximum absolute atomic E-state index is 12.3. The molecule has 0 heterocycles. The number of amides is 1. The molecule has 0 radical (unpaired) electrons. The number of carbonyl (C=O) groups excluding carboxylic acids is 1. The first kappa shape index (κ1) is 13.4. The highest BCUT2D eigenvalue weighted by Crippen LogP contribution is 2.44. The van der Waals surface area contributed by atoms with Crippen molar-refractivity contribution in [3.8, 4) is 0 Å². The van der Waals surface area contributed by atoms with Crippen LogP contribution in [0.4, 0.5) is 0 Å². The Labute approximate surface area is 116 Å². The van der Waals surface area contributed by atoms with Gasteiger partial charge in [0.2, 0.25) is 5.91 Å². The summed E-state index contributed by atoms with van der Waals surface area (Å²) in [5.74, 6) is 2.33. The molecule has 3 saturated carbocycles. The zero-order chi connectivity index (χ0) is 13.2. The van der Waals surface area contributed by atoms with Crippen LogP contribution in [0, 0.1) is 17.8 Å². The van der Waals surface area contributed by atoms with Gasteiger partial charge in [0.05, 0.1) is 6.04 Å². The van der Waals surface area contributed by atoms with Gasteiger partial charge in [0, 0.05) is 6.04 Å². The summed E-state index contributed by atoms with van der Waals surface area (Å²) in [6.45, 7) is 0. The van der Waals surface area contributed by atoms with Gasteiger partial charge in [0.25, 0.3) is 0 Å². The average Bonchev–Trinajstić information content (AvgIpc) is 3.30. The van der Waals surface area contributed by atoms with Gasteiger partial charge >= 0.3 is 0 Å². The van der Waals surface area contributed by atoms with Gasteiger partial charge < -0.3 is 11.1 Å². The van der Waals surface area contributed by atoms with Crippen molar-refractivity contribution in [1.29, 1.82) is 0 Å². The number of rotatable bonds is 6. The van der Waals surface area contributed by atoms with E-state index in [4.69, 9.17) is 5.73 Å². The molecule has 3 N–H and O–H groups in total. The predicted octanol–water partition coefficient (Wildman–Crippen LogP) is 2.59. The largest absolute Gasteiger partial charge is 0.351 e. The van der Waals surface area contributed by atoms with E-state index in [9.17, 15) is 4.79 Å². The SMILES string of the molecule is NC(CC1CCCCC1)C(=O)NC(C1CC1)C1CC1. The lowest BCUT2D eigenvalue weighted by atomic mass is 9.85. The Morgan fingerprint density at radius 3 is 2.11 bits per heavy atom. The van der Waals surface area contributed by atoms with Gasteiger partial charge in [0.15, 0.2) is 0 Å². The van der Waals surface area contributed by atoms with E-state index < -0.39 is 0 Å². The molecule has 108 valence electrons. The highest BCUT2D eigenvalue weighted by Gasteiger charge is 2.42. The second-order valence-electron chi connectivity index (χ2n) is 7.06. The van der Waals surface area contributed by atoms with Crippen LogP contribution in [0.2, 0.25) is 0 Å². The van der Waals surface area contributed by atoms with E-state index in [1.807, 2.05) is 0 Å². The molecule has 3 nitrogen and oxygen atoms in total. The fraction of sp³-hybridized carbons (Fsp3) is 0.938. The minimum Gasteiger partial charge on any atom is -0.351 e. The number of carbonyl (C=O) groups is 1. The summed E-state index contributed by atoms with van der Waals surface area (Å²) >= 11 is 0. The third-order valence-electron chi connectivity index (χ3n) is 5.22. The van der Waals surface area contributed by atoms with Crippen molar-refractivity contribution in [3.05, 3.63) is 0 Å². The molecule has 0 aromatic carbocycles. The fourth-order valence-electron chi connectivity index (χ4n) is 3.69. The first-order chi connectivity index (χ1) is 9.24. The summed E-state index contributed by atoms with van der Waals surface area (Å²) in [6, 6.07) is 0.174. The summed E-state index contributed by atoms with van der Waals surface area (Å²) in [4.78, 5) is 12.3. The summed E-state index contributed by atoms with van der Waals surface area (Å²) < 4.78 is 0. The first-order valence-electron chi connectivity index (χ1n) is 8.30. The van der Waals surface area contributed by atoms with E-state index >= 15 is 0 Å². The van der Waals surface area contributed by atoms with Crippen molar-refractivity contribution in [2.75, 3.05) is 0 Å². The third-order valence-corrected chi connectivity index (χ3v) is 5.22. The van der Waals surface area contributed by atoms with Crippen LogP contribution in [0.25, 0.3) is 0 Å². The van der Waals surface area contributed by atoms with Crippen LogP contribution in [-0.2, 0) is 4.79 Å². The molecule has 0 aromatic rings. The molecule has 1 atom stereocenters. The molecule has 0 spiro atoms. The molecule has 3 heteroatoms. The second-order valence-corrected chi connectivity index (χ2v) is 7.06. The quantitative estimate of drug-likeness (QED) is 0.774. The average molecular weight is 264 g/mol. The number of nitrogens with two attached hydrogens (primary N) is 1. The summed E-state index contributed by atoms with van der Waals surface area (Å²) in [7, 11) is 0. The zero-order valence-corrected chi connectivity index (χ0v) is 11.9. The zero-order valence-electron chi connectivity index (χ0n) is 11.9. The predicted molar refractivity (Wildman–Crippen MR) is 76.5 cm³/mol. The Kier molecular flexibility index (Phi) is 4.11. The highest BCUT2D eigenvalue weighted by atomic mass is 16.2. The van der Waals surface area contributed by atoms with Crippen LogP contribution in [0.15, 0.2) is 0 Å². The Hall–Kier alpha value is -0.570. The van der Waals surface area contributed by atoms with Crippen molar-refractivity contribution in [1.82, 2.24) is 5.32 Å². The minimum atomic E-state index is -0.275. The lowest BCUT2D eigenvalue weighted by Crippen LogP contribution is -2.47. The van der Waals surface area contributed by atoms with Crippen LogP contribution in [-0.4, -0.2) is 18.0 Å². The molecule has 19 heavy (non-hydrogen) atoms. The molecule has 0 bridgehead atoms. The van der Waals surface area contributed by atoms with Crippen LogP contribution in [0.1, 0.15) is 64.2 Å². The molecule has 3 aliphatic rings. The van der Waals surface area contributed by atoms with Gasteiger partial charge in [-0.15, -0.1) is 0 Å². The van der Waals surface area contributed by atoms with Crippen molar-refractivity contribution in [2.45, 2.75) is 76.3 Å². The Balaban J connectivity index is 1.45. The monoisotopic (exact) mass is 264 g/mol. The summed E-state index contributed by atoms with van der Waals surface area (Å²) in [5.41, 5.74) is 6.13. The number of nitrogens with one attached hydrogen (secondary N) is 1.